The quantitative estimate of drug-likeness (QED) is 0.908. The van der Waals surface area contributed by atoms with Crippen LogP contribution in [0.1, 0.15) is 35.3 Å². The van der Waals surface area contributed by atoms with Gasteiger partial charge in [0.15, 0.2) is 0 Å². The van der Waals surface area contributed by atoms with Crippen LogP contribution >= 0.6 is 0 Å². The molecular formula is C18H22O3. The zero-order valence-corrected chi connectivity index (χ0v) is 13.0. The molecule has 0 heterocycles. The summed E-state index contributed by atoms with van der Waals surface area (Å²) in [5.74, 6) is 1.69. The molecule has 3 nitrogen and oxygen atoms in total. The van der Waals surface area contributed by atoms with Crippen molar-refractivity contribution in [1.82, 2.24) is 0 Å². The summed E-state index contributed by atoms with van der Waals surface area (Å²) in [5.41, 5.74) is 3.77. The monoisotopic (exact) mass is 286 g/mol. The smallest absolute Gasteiger partial charge is 0.124 e. The Labute approximate surface area is 126 Å². The largest absolute Gasteiger partial charge is 0.496 e. The van der Waals surface area contributed by atoms with E-state index in [1.54, 1.807) is 7.11 Å². The number of ether oxygens (including phenoxy) is 2. The van der Waals surface area contributed by atoms with Crippen molar-refractivity contribution in [2.24, 2.45) is 0 Å². The highest BCUT2D eigenvalue weighted by Crippen LogP contribution is 2.30. The predicted molar refractivity (Wildman–Crippen MR) is 84.1 cm³/mol. The first-order chi connectivity index (χ1) is 10.1. The Kier molecular flexibility index (Phi) is 4.86. The molecule has 2 aromatic rings. The molecule has 0 saturated carbocycles. The summed E-state index contributed by atoms with van der Waals surface area (Å²) in [7, 11) is 1.66. The summed E-state index contributed by atoms with van der Waals surface area (Å²) in [6.45, 7) is 6.56. The third-order valence-electron chi connectivity index (χ3n) is 3.51. The number of methoxy groups -OCH3 is 1. The fraction of sp³-hybridized carbons (Fsp3) is 0.333. The number of rotatable bonds is 5. The molecule has 21 heavy (non-hydrogen) atoms. The van der Waals surface area contributed by atoms with Crippen molar-refractivity contribution >= 4 is 0 Å². The maximum Gasteiger partial charge on any atom is 0.124 e. The third kappa shape index (κ3) is 3.37. The molecule has 2 aromatic carbocycles. The normalized spacial score (nSPS) is 12.0. The maximum absolute atomic E-state index is 10.5. The van der Waals surface area contributed by atoms with Gasteiger partial charge in [-0.2, -0.15) is 0 Å². The van der Waals surface area contributed by atoms with Crippen LogP contribution in [0.4, 0.5) is 0 Å². The highest BCUT2D eigenvalue weighted by Gasteiger charge is 2.14. The summed E-state index contributed by atoms with van der Waals surface area (Å²) in [5, 5.41) is 10.5. The number of hydrogen-bond donors (Lipinski definition) is 1. The Bertz CT molecular complexity index is 579. The third-order valence-corrected chi connectivity index (χ3v) is 3.51. The highest BCUT2D eigenvalue weighted by molar-refractivity contribution is 5.46. The van der Waals surface area contributed by atoms with Gasteiger partial charge in [0.25, 0.3) is 0 Å². The summed E-state index contributed by atoms with van der Waals surface area (Å²) in [4.78, 5) is 0. The van der Waals surface area contributed by atoms with Crippen molar-refractivity contribution in [3.8, 4) is 11.5 Å². The van der Waals surface area contributed by atoms with E-state index in [0.29, 0.717) is 6.61 Å². The Balaban J connectivity index is 2.29. The molecule has 1 unspecified atom stereocenters. The topological polar surface area (TPSA) is 38.7 Å². The molecule has 3 heteroatoms. The van der Waals surface area contributed by atoms with Crippen LogP contribution in [0.25, 0.3) is 0 Å². The summed E-state index contributed by atoms with van der Waals surface area (Å²) < 4.78 is 10.8. The van der Waals surface area contributed by atoms with E-state index in [2.05, 4.69) is 0 Å². The second-order valence-corrected chi connectivity index (χ2v) is 5.09. The van der Waals surface area contributed by atoms with Gasteiger partial charge in [-0.1, -0.05) is 12.1 Å². The van der Waals surface area contributed by atoms with Crippen LogP contribution in [-0.2, 0) is 0 Å². The van der Waals surface area contributed by atoms with Crippen LogP contribution in [0.3, 0.4) is 0 Å². The maximum atomic E-state index is 10.5. The lowest BCUT2D eigenvalue weighted by Crippen LogP contribution is -2.02. The van der Waals surface area contributed by atoms with E-state index in [1.807, 2.05) is 57.2 Å². The Morgan fingerprint density at radius 2 is 1.57 bits per heavy atom. The van der Waals surface area contributed by atoms with Crippen LogP contribution in [0.15, 0.2) is 36.4 Å². The number of benzene rings is 2. The van der Waals surface area contributed by atoms with Crippen molar-refractivity contribution < 1.29 is 14.6 Å². The van der Waals surface area contributed by atoms with Crippen molar-refractivity contribution in [2.75, 3.05) is 13.7 Å². The van der Waals surface area contributed by atoms with Crippen molar-refractivity contribution in [3.63, 3.8) is 0 Å². The van der Waals surface area contributed by atoms with Crippen LogP contribution in [0.5, 0.6) is 11.5 Å². The first-order valence-electron chi connectivity index (χ1n) is 7.12. The van der Waals surface area contributed by atoms with Gasteiger partial charge in [-0.15, -0.1) is 0 Å². The van der Waals surface area contributed by atoms with E-state index in [-0.39, 0.29) is 0 Å². The van der Waals surface area contributed by atoms with Gasteiger partial charge in [0.05, 0.1) is 13.7 Å². The fourth-order valence-electron chi connectivity index (χ4n) is 2.57. The summed E-state index contributed by atoms with van der Waals surface area (Å²) in [6.07, 6.45) is -0.649. The van der Waals surface area contributed by atoms with Crippen molar-refractivity contribution in [1.29, 1.82) is 0 Å². The fourth-order valence-corrected chi connectivity index (χ4v) is 2.57. The van der Waals surface area contributed by atoms with Crippen LogP contribution < -0.4 is 9.47 Å². The first-order valence-corrected chi connectivity index (χ1v) is 7.12. The minimum Gasteiger partial charge on any atom is -0.496 e. The lowest BCUT2D eigenvalue weighted by atomic mass is 9.97. The van der Waals surface area contributed by atoms with Crippen molar-refractivity contribution in [3.05, 3.63) is 58.7 Å². The molecule has 0 saturated heterocycles. The molecule has 0 bridgehead atoms. The SMILES string of the molecule is CCOc1ccc(C(O)c2cc(C)c(OC)c(C)c2)cc1. The van der Waals surface area contributed by atoms with E-state index in [1.165, 1.54) is 0 Å². The minimum atomic E-state index is -0.649. The molecule has 0 amide bonds. The van der Waals surface area contributed by atoms with E-state index in [4.69, 9.17) is 9.47 Å². The van der Waals surface area contributed by atoms with Crippen LogP contribution in [-0.4, -0.2) is 18.8 Å². The average Bonchev–Trinajstić information content (AvgIpc) is 2.47. The number of aliphatic hydroxyl groups is 1. The van der Waals surface area contributed by atoms with Crippen LogP contribution in [0.2, 0.25) is 0 Å². The second-order valence-electron chi connectivity index (χ2n) is 5.09. The van der Waals surface area contributed by atoms with Gasteiger partial charge in [-0.3, -0.25) is 0 Å². The molecule has 0 aliphatic rings. The van der Waals surface area contributed by atoms with E-state index >= 15 is 0 Å². The average molecular weight is 286 g/mol. The lowest BCUT2D eigenvalue weighted by Gasteiger charge is -2.16. The second kappa shape index (κ2) is 6.64. The van der Waals surface area contributed by atoms with Crippen molar-refractivity contribution in [2.45, 2.75) is 26.9 Å². The van der Waals surface area contributed by atoms with Gasteiger partial charge >= 0.3 is 0 Å². The summed E-state index contributed by atoms with van der Waals surface area (Å²) in [6, 6.07) is 11.5. The molecule has 112 valence electrons. The molecule has 0 aliphatic heterocycles. The van der Waals surface area contributed by atoms with Gasteiger partial charge in [0.2, 0.25) is 0 Å². The molecule has 0 fully saturated rings. The predicted octanol–water partition coefficient (Wildman–Crippen LogP) is 3.79. The van der Waals surface area contributed by atoms with Gasteiger partial charge < -0.3 is 14.6 Å². The minimum absolute atomic E-state index is 0.638. The Morgan fingerprint density at radius 3 is 2.05 bits per heavy atom. The molecule has 2 rings (SSSR count). The van der Waals surface area contributed by atoms with E-state index in [0.717, 1.165) is 33.8 Å². The Hall–Kier alpha value is -2.00. The van der Waals surface area contributed by atoms with Gasteiger partial charge in [-0.05, 0) is 67.3 Å². The molecule has 0 radical (unpaired) electrons. The zero-order valence-electron chi connectivity index (χ0n) is 13.0. The molecule has 0 aromatic heterocycles. The summed E-state index contributed by atoms with van der Waals surface area (Å²) >= 11 is 0. The first kappa shape index (κ1) is 15.4. The number of aryl methyl sites for hydroxylation is 2. The Morgan fingerprint density at radius 1 is 1.00 bits per heavy atom. The van der Waals surface area contributed by atoms with Gasteiger partial charge in [0, 0.05) is 0 Å². The molecule has 1 N–H and O–H groups in total. The lowest BCUT2D eigenvalue weighted by molar-refractivity contribution is 0.220. The standard InChI is InChI=1S/C18H22O3/c1-5-21-16-8-6-14(7-9-16)17(19)15-10-12(2)18(20-4)13(3)11-15/h6-11,17,19H,5H2,1-4H3. The number of hydrogen-bond acceptors (Lipinski definition) is 3. The van der Waals surface area contributed by atoms with Gasteiger partial charge in [-0.25, -0.2) is 0 Å². The highest BCUT2D eigenvalue weighted by atomic mass is 16.5. The molecule has 0 aliphatic carbocycles. The zero-order chi connectivity index (χ0) is 15.4. The van der Waals surface area contributed by atoms with E-state index in [9.17, 15) is 5.11 Å². The van der Waals surface area contributed by atoms with E-state index < -0.39 is 6.10 Å². The number of aliphatic hydroxyl groups excluding tert-OH is 1. The molecule has 1 atom stereocenters. The van der Waals surface area contributed by atoms with Crippen LogP contribution in [0, 0.1) is 13.8 Å². The molecule has 0 spiro atoms. The van der Waals surface area contributed by atoms with Gasteiger partial charge in [0.1, 0.15) is 17.6 Å². The molecular weight excluding hydrogens is 264 g/mol.